The first kappa shape index (κ1) is 42.2. The van der Waals surface area contributed by atoms with E-state index in [0.717, 1.165) is 36.8 Å². The first-order chi connectivity index (χ1) is 27.9. The number of pyridine rings is 1. The van der Waals surface area contributed by atoms with E-state index in [1.54, 1.807) is 19.2 Å². The number of alkyl carbamates (subject to hydrolysis) is 1. The molecule has 1 saturated heterocycles. The third kappa shape index (κ3) is 10.3. The summed E-state index contributed by atoms with van der Waals surface area (Å²) in [6.45, 7) is 5.94. The average Bonchev–Trinajstić information content (AvgIpc) is 3.73. The number of nitrogens with zero attached hydrogens (tertiary/aromatic N) is 1. The van der Waals surface area contributed by atoms with Crippen molar-refractivity contribution >= 4 is 50.8 Å². The van der Waals surface area contributed by atoms with E-state index < -0.39 is 57.2 Å². The monoisotopic (exact) mass is 815 g/mol. The van der Waals surface area contributed by atoms with Crippen molar-refractivity contribution in [3.05, 3.63) is 83.0 Å². The summed E-state index contributed by atoms with van der Waals surface area (Å²) < 4.78 is 38.1. The van der Waals surface area contributed by atoms with Crippen LogP contribution in [0.4, 0.5) is 4.79 Å². The molecule has 58 heavy (non-hydrogen) atoms. The van der Waals surface area contributed by atoms with Gasteiger partial charge in [-0.3, -0.25) is 23.9 Å². The van der Waals surface area contributed by atoms with Gasteiger partial charge in [0.05, 0.1) is 24.5 Å². The molecular weight excluding hydrogens is 763 g/mol. The van der Waals surface area contributed by atoms with Crippen LogP contribution in [0.5, 0.6) is 5.75 Å². The summed E-state index contributed by atoms with van der Waals surface area (Å²) in [5.41, 5.74) is 2.89. The predicted octanol–water partition coefficient (Wildman–Crippen LogP) is 5.19. The molecule has 0 spiro atoms. The number of sulfonamides is 1. The number of aromatic amines is 1. The van der Waals surface area contributed by atoms with Gasteiger partial charge in [0.25, 0.3) is 5.91 Å². The fourth-order valence-corrected chi connectivity index (χ4v) is 9.09. The number of ether oxygens (including phenoxy) is 2. The van der Waals surface area contributed by atoms with Crippen molar-refractivity contribution in [3.63, 3.8) is 0 Å². The van der Waals surface area contributed by atoms with Gasteiger partial charge in [0.1, 0.15) is 23.9 Å². The molecule has 14 nitrogen and oxygen atoms in total. The van der Waals surface area contributed by atoms with Crippen molar-refractivity contribution in [2.75, 3.05) is 20.3 Å². The minimum Gasteiger partial charge on any atom is -0.496 e. The molecule has 6 rings (SSSR count). The number of rotatable bonds is 17. The topological polar surface area (TPSA) is 193 Å². The Kier molecular flexibility index (Phi) is 13.7. The first-order valence-corrected chi connectivity index (χ1v) is 21.6. The quantitative estimate of drug-likeness (QED) is 0.133. The fraction of sp³-hybridized carbons (Fsp3) is 0.465. The van der Waals surface area contributed by atoms with E-state index in [1.165, 1.54) is 11.0 Å². The second-order valence-electron chi connectivity index (χ2n) is 15.5. The minimum atomic E-state index is -3.83. The molecular formula is C43H53N5O9S. The normalized spacial score (nSPS) is 18.7. The molecule has 0 radical (unpaired) electrons. The Labute approximate surface area is 338 Å². The summed E-state index contributed by atoms with van der Waals surface area (Å²) >= 11 is 0. The molecule has 2 heterocycles. The molecule has 4 N–H and O–H groups in total. The van der Waals surface area contributed by atoms with Crippen LogP contribution in [0.25, 0.3) is 28.2 Å². The van der Waals surface area contributed by atoms with Crippen molar-refractivity contribution in [3.8, 4) is 17.0 Å². The zero-order valence-electron chi connectivity index (χ0n) is 33.0. The molecule has 2 aromatic carbocycles. The van der Waals surface area contributed by atoms with Crippen LogP contribution >= 0.6 is 0 Å². The van der Waals surface area contributed by atoms with Crippen molar-refractivity contribution in [1.29, 1.82) is 0 Å². The summed E-state index contributed by atoms with van der Waals surface area (Å²) in [6.07, 6.45) is 10.2. The maximum Gasteiger partial charge on any atom is 0.407 e. The van der Waals surface area contributed by atoms with Crippen LogP contribution in [-0.4, -0.2) is 85.8 Å². The molecule has 310 valence electrons. The smallest absolute Gasteiger partial charge is 0.407 e. The van der Waals surface area contributed by atoms with Crippen molar-refractivity contribution in [2.24, 2.45) is 11.8 Å². The van der Waals surface area contributed by atoms with Gasteiger partial charge < -0.3 is 30.0 Å². The fourth-order valence-electron chi connectivity index (χ4n) is 7.75. The molecule has 0 bridgehead atoms. The zero-order chi connectivity index (χ0) is 41.4. The summed E-state index contributed by atoms with van der Waals surface area (Å²) in [6, 6.07) is 11.8. The number of H-pyrrole nitrogens is 1. The lowest BCUT2D eigenvalue weighted by atomic mass is 9.96. The summed E-state index contributed by atoms with van der Waals surface area (Å²) in [4.78, 5) is 71.6. The van der Waals surface area contributed by atoms with Crippen molar-refractivity contribution in [1.82, 2.24) is 25.2 Å². The lowest BCUT2D eigenvalue weighted by Gasteiger charge is -2.32. The molecule has 3 fully saturated rings. The van der Waals surface area contributed by atoms with E-state index in [2.05, 4.69) is 26.9 Å². The third-order valence-electron chi connectivity index (χ3n) is 11.1. The number of allylic oxidation sites excluding steroid dienone is 1. The van der Waals surface area contributed by atoms with Gasteiger partial charge in [0.2, 0.25) is 21.8 Å². The number of methoxy groups -OCH3 is 1. The van der Waals surface area contributed by atoms with Gasteiger partial charge in [-0.05, 0) is 74.8 Å². The van der Waals surface area contributed by atoms with Crippen LogP contribution in [0.15, 0.2) is 72.1 Å². The van der Waals surface area contributed by atoms with Crippen LogP contribution in [0.3, 0.4) is 0 Å². The number of amides is 4. The van der Waals surface area contributed by atoms with Crippen LogP contribution in [0, 0.1) is 11.8 Å². The highest BCUT2D eigenvalue weighted by Gasteiger charge is 2.43. The standard InChI is InChI=1S/C43H53N5O9S/c1-4-12-33(40(50)47-58(54,55)31-20-21-31)45-41(51)36-19-11-22-48(36)42(52)39(29-16-8-9-17-29)46-43(53)57-26-27(2)13-10-18-30-23-32-35(25-38(30)56-3)44-34(24-37(32)49)28-14-6-5-7-15-28/h4-7,10,14-15,18,23-25,27,29,31,33,36,39H,1,8-9,11-13,16-17,19-22,26H2,2-3H3,(H,44,49)(H,45,51)(H,46,53)(H,47,50)/b18-10+/t27?,33?,36-,39?/m0/s1. The predicted molar refractivity (Wildman–Crippen MR) is 221 cm³/mol. The lowest BCUT2D eigenvalue weighted by molar-refractivity contribution is -0.141. The molecule has 3 aliphatic rings. The number of nitrogens with one attached hydrogen (secondary N) is 4. The van der Waals surface area contributed by atoms with Crippen LogP contribution in [0.2, 0.25) is 0 Å². The molecule has 4 atom stereocenters. The first-order valence-electron chi connectivity index (χ1n) is 20.1. The van der Waals surface area contributed by atoms with E-state index in [9.17, 15) is 32.4 Å². The summed E-state index contributed by atoms with van der Waals surface area (Å²) in [5, 5.41) is 5.37. The van der Waals surface area contributed by atoms with E-state index in [-0.39, 0.29) is 30.3 Å². The Morgan fingerprint density at radius 2 is 1.72 bits per heavy atom. The number of carbonyl (C=O) groups is 4. The lowest BCUT2D eigenvalue weighted by Crippen LogP contribution is -2.57. The number of aromatic nitrogens is 1. The van der Waals surface area contributed by atoms with Crippen molar-refractivity contribution in [2.45, 2.75) is 94.5 Å². The van der Waals surface area contributed by atoms with Gasteiger partial charge in [-0.2, -0.15) is 0 Å². The molecule has 4 amide bonds. The van der Waals surface area contributed by atoms with Gasteiger partial charge in [-0.1, -0.05) is 68.3 Å². The molecule has 1 aliphatic heterocycles. The molecule has 15 heteroatoms. The van der Waals surface area contributed by atoms with Gasteiger partial charge in [0.15, 0.2) is 5.43 Å². The number of benzene rings is 2. The summed E-state index contributed by atoms with van der Waals surface area (Å²) in [7, 11) is -2.26. The number of carbonyl (C=O) groups excluding carboxylic acids is 4. The van der Waals surface area contributed by atoms with Gasteiger partial charge in [-0.15, -0.1) is 6.58 Å². The van der Waals surface area contributed by atoms with E-state index in [0.29, 0.717) is 61.0 Å². The second-order valence-corrected chi connectivity index (χ2v) is 17.5. The molecule has 2 aliphatic carbocycles. The highest BCUT2D eigenvalue weighted by Crippen LogP contribution is 2.31. The third-order valence-corrected chi connectivity index (χ3v) is 12.9. The Morgan fingerprint density at radius 1 is 0.983 bits per heavy atom. The number of likely N-dealkylation sites (tertiary alicyclic amines) is 1. The molecule has 3 aromatic rings. The second kappa shape index (κ2) is 18.9. The van der Waals surface area contributed by atoms with Gasteiger partial charge >= 0.3 is 6.09 Å². The highest BCUT2D eigenvalue weighted by molar-refractivity contribution is 7.90. The Morgan fingerprint density at radius 3 is 2.41 bits per heavy atom. The molecule has 1 aromatic heterocycles. The highest BCUT2D eigenvalue weighted by atomic mass is 32.2. The number of hydrogen-bond acceptors (Lipinski definition) is 9. The average molecular weight is 816 g/mol. The SMILES string of the molecule is C=CCC(NC(=O)[C@@H]1CCCN1C(=O)C(NC(=O)OCC(C)C/C=C/c1cc2c(=O)cc(-c3ccccc3)[nH]c2cc1OC)C1CCCC1)C(=O)NS(=O)(=O)C1CC1. The van der Waals surface area contributed by atoms with E-state index >= 15 is 0 Å². The Hall–Kier alpha value is -5.44. The number of fused-ring (bicyclic) bond motifs is 1. The Balaban J connectivity index is 1.05. The van der Waals surface area contributed by atoms with Crippen LogP contribution < -0.4 is 25.5 Å². The summed E-state index contributed by atoms with van der Waals surface area (Å²) in [5.74, 6) is -1.44. The van der Waals surface area contributed by atoms with E-state index in [4.69, 9.17) is 9.47 Å². The van der Waals surface area contributed by atoms with Crippen LogP contribution in [-0.2, 0) is 29.1 Å². The maximum atomic E-state index is 14.1. The van der Waals surface area contributed by atoms with Gasteiger partial charge in [0, 0.05) is 35.3 Å². The largest absolute Gasteiger partial charge is 0.496 e. The van der Waals surface area contributed by atoms with E-state index in [1.807, 2.05) is 55.5 Å². The number of hydrogen-bond donors (Lipinski definition) is 4. The Bertz CT molecular complexity index is 2200. The van der Waals surface area contributed by atoms with Crippen molar-refractivity contribution < 1.29 is 37.1 Å². The molecule has 3 unspecified atom stereocenters. The molecule has 2 saturated carbocycles. The minimum absolute atomic E-state index is 0.000237. The maximum absolute atomic E-state index is 14.1. The van der Waals surface area contributed by atoms with Crippen LogP contribution in [0.1, 0.15) is 76.7 Å². The zero-order valence-corrected chi connectivity index (χ0v) is 33.9. The van der Waals surface area contributed by atoms with Gasteiger partial charge in [-0.25, -0.2) is 13.2 Å².